The summed E-state index contributed by atoms with van der Waals surface area (Å²) in [4.78, 5) is 0. The van der Waals surface area contributed by atoms with Crippen molar-refractivity contribution in [2.24, 2.45) is 0 Å². The molecule has 1 aromatic carbocycles. The monoisotopic (exact) mass is 255 g/mol. The zero-order valence-electron chi connectivity index (χ0n) is 12.4. The molecule has 0 aliphatic carbocycles. The van der Waals surface area contributed by atoms with Crippen LogP contribution in [0.15, 0.2) is 66.9 Å². The van der Waals surface area contributed by atoms with Crippen LogP contribution in [-0.2, 0) is 0 Å². The molecule has 2 atom stereocenters. The maximum atomic E-state index is 4.05. The largest absolute Gasteiger partial charge is 0.382 e. The highest BCUT2D eigenvalue weighted by atomic mass is 14.9. The van der Waals surface area contributed by atoms with Gasteiger partial charge < -0.3 is 5.32 Å². The Morgan fingerprint density at radius 2 is 1.68 bits per heavy atom. The zero-order valence-corrected chi connectivity index (χ0v) is 12.4. The summed E-state index contributed by atoms with van der Waals surface area (Å²) in [6, 6.07) is 10.9. The van der Waals surface area contributed by atoms with Crippen LogP contribution < -0.4 is 5.32 Å². The van der Waals surface area contributed by atoms with Crippen LogP contribution in [0.1, 0.15) is 38.7 Å². The van der Waals surface area contributed by atoms with Gasteiger partial charge in [0.2, 0.25) is 0 Å². The standard InChI is InChI=1S/C18H25N/c1-13(2)12-18(17-10-8-7-9-11-17)16(6)19-15(5)14(3)4/h7-11,16,18-19H,1,3,5,12H2,2,4,6H3. The van der Waals surface area contributed by atoms with Crippen molar-refractivity contribution < 1.29 is 0 Å². The zero-order chi connectivity index (χ0) is 14.4. The van der Waals surface area contributed by atoms with Gasteiger partial charge in [0, 0.05) is 17.7 Å². The molecular weight excluding hydrogens is 230 g/mol. The first-order valence-electron chi connectivity index (χ1n) is 6.72. The molecule has 0 aliphatic rings. The molecule has 102 valence electrons. The summed E-state index contributed by atoms with van der Waals surface area (Å²) < 4.78 is 0. The van der Waals surface area contributed by atoms with Crippen molar-refractivity contribution in [3.8, 4) is 0 Å². The van der Waals surface area contributed by atoms with Gasteiger partial charge in [0.05, 0.1) is 0 Å². The predicted octanol–water partition coefficient (Wildman–Crippen LogP) is 4.80. The average molecular weight is 255 g/mol. The van der Waals surface area contributed by atoms with Gasteiger partial charge >= 0.3 is 0 Å². The molecule has 0 bridgehead atoms. The lowest BCUT2D eigenvalue weighted by atomic mass is 9.87. The topological polar surface area (TPSA) is 12.0 Å². The highest BCUT2D eigenvalue weighted by Gasteiger charge is 2.19. The summed E-state index contributed by atoms with van der Waals surface area (Å²) >= 11 is 0. The summed E-state index contributed by atoms with van der Waals surface area (Å²) in [7, 11) is 0. The van der Waals surface area contributed by atoms with Crippen molar-refractivity contribution in [2.45, 2.75) is 39.2 Å². The summed E-state index contributed by atoms with van der Waals surface area (Å²) in [5, 5.41) is 3.45. The van der Waals surface area contributed by atoms with Crippen molar-refractivity contribution in [1.29, 1.82) is 0 Å². The third-order valence-electron chi connectivity index (χ3n) is 3.32. The van der Waals surface area contributed by atoms with Crippen LogP contribution in [0.5, 0.6) is 0 Å². The summed E-state index contributed by atoms with van der Waals surface area (Å²) in [5.41, 5.74) is 4.42. The van der Waals surface area contributed by atoms with Crippen LogP contribution in [0.3, 0.4) is 0 Å². The van der Waals surface area contributed by atoms with Crippen molar-refractivity contribution in [1.82, 2.24) is 5.32 Å². The minimum Gasteiger partial charge on any atom is -0.382 e. The van der Waals surface area contributed by atoms with Gasteiger partial charge in [-0.3, -0.25) is 0 Å². The molecule has 1 N–H and O–H groups in total. The van der Waals surface area contributed by atoms with Crippen molar-refractivity contribution in [3.05, 3.63) is 72.5 Å². The van der Waals surface area contributed by atoms with Gasteiger partial charge in [-0.25, -0.2) is 0 Å². The second-order valence-corrected chi connectivity index (χ2v) is 5.37. The van der Waals surface area contributed by atoms with E-state index in [1.165, 1.54) is 11.1 Å². The Bertz CT molecular complexity index is 456. The van der Waals surface area contributed by atoms with E-state index in [1.807, 2.05) is 13.0 Å². The van der Waals surface area contributed by atoms with Crippen LogP contribution >= 0.6 is 0 Å². The highest BCUT2D eigenvalue weighted by molar-refractivity contribution is 5.26. The third kappa shape index (κ3) is 4.78. The second-order valence-electron chi connectivity index (χ2n) is 5.37. The molecule has 1 rings (SSSR count). The molecule has 0 saturated carbocycles. The van der Waals surface area contributed by atoms with E-state index in [2.05, 4.69) is 63.2 Å². The molecule has 0 fully saturated rings. The van der Waals surface area contributed by atoms with E-state index < -0.39 is 0 Å². The Balaban J connectivity index is 2.88. The van der Waals surface area contributed by atoms with Crippen LogP contribution in [0.2, 0.25) is 0 Å². The lowest BCUT2D eigenvalue weighted by Crippen LogP contribution is -2.31. The molecule has 0 heterocycles. The minimum absolute atomic E-state index is 0.295. The maximum Gasteiger partial charge on any atom is 0.0304 e. The molecule has 1 nitrogen and oxygen atoms in total. The fourth-order valence-electron chi connectivity index (χ4n) is 2.16. The number of hydrogen-bond donors (Lipinski definition) is 1. The van der Waals surface area contributed by atoms with Gasteiger partial charge in [0.1, 0.15) is 0 Å². The van der Waals surface area contributed by atoms with E-state index >= 15 is 0 Å². The minimum atomic E-state index is 0.295. The molecule has 0 spiro atoms. The predicted molar refractivity (Wildman–Crippen MR) is 85.2 cm³/mol. The first-order valence-corrected chi connectivity index (χ1v) is 6.72. The third-order valence-corrected chi connectivity index (χ3v) is 3.32. The summed E-state index contributed by atoms with van der Waals surface area (Å²) in [6.45, 7) is 18.2. The van der Waals surface area contributed by atoms with Gasteiger partial charge in [-0.1, -0.05) is 49.1 Å². The van der Waals surface area contributed by atoms with Gasteiger partial charge in [-0.05, 0) is 38.3 Å². The van der Waals surface area contributed by atoms with Crippen LogP contribution in [0, 0.1) is 0 Å². The van der Waals surface area contributed by atoms with Gasteiger partial charge in [0.25, 0.3) is 0 Å². The quantitative estimate of drug-likeness (QED) is 0.545. The van der Waals surface area contributed by atoms with Crippen molar-refractivity contribution >= 4 is 0 Å². The van der Waals surface area contributed by atoms with Crippen LogP contribution in [-0.4, -0.2) is 6.04 Å². The Labute approximate surface area is 117 Å². The number of allylic oxidation sites excluding steroid dienone is 2. The van der Waals surface area contributed by atoms with E-state index in [1.54, 1.807) is 0 Å². The molecule has 0 aromatic heterocycles. The van der Waals surface area contributed by atoms with Gasteiger partial charge in [-0.15, -0.1) is 6.58 Å². The lowest BCUT2D eigenvalue weighted by Gasteiger charge is -2.27. The van der Waals surface area contributed by atoms with Crippen LogP contribution in [0.4, 0.5) is 0 Å². The fourth-order valence-corrected chi connectivity index (χ4v) is 2.16. The first-order chi connectivity index (χ1) is 8.91. The Morgan fingerprint density at radius 1 is 1.11 bits per heavy atom. The molecule has 0 aliphatic heterocycles. The van der Waals surface area contributed by atoms with E-state index in [9.17, 15) is 0 Å². The molecule has 1 aromatic rings. The Hall–Kier alpha value is -1.76. The number of nitrogens with one attached hydrogen (secondary N) is 1. The average Bonchev–Trinajstić information content (AvgIpc) is 2.36. The normalized spacial score (nSPS) is 13.4. The Kier molecular flexibility index (Phi) is 5.62. The van der Waals surface area contributed by atoms with E-state index in [0.29, 0.717) is 12.0 Å². The Morgan fingerprint density at radius 3 is 2.16 bits per heavy atom. The first kappa shape index (κ1) is 15.3. The molecular formula is C18H25N. The summed E-state index contributed by atoms with van der Waals surface area (Å²) in [5.74, 6) is 0.398. The smallest absolute Gasteiger partial charge is 0.0304 e. The molecule has 1 heteroatoms. The van der Waals surface area contributed by atoms with Crippen molar-refractivity contribution in [3.63, 3.8) is 0 Å². The highest BCUT2D eigenvalue weighted by Crippen LogP contribution is 2.27. The SMILES string of the molecule is C=C(C)CC(c1ccccc1)C(C)NC(=C)C(=C)C. The molecule has 0 radical (unpaired) electrons. The van der Waals surface area contributed by atoms with E-state index in [0.717, 1.165) is 17.7 Å². The van der Waals surface area contributed by atoms with E-state index in [-0.39, 0.29) is 0 Å². The number of hydrogen-bond acceptors (Lipinski definition) is 1. The van der Waals surface area contributed by atoms with Crippen LogP contribution in [0.25, 0.3) is 0 Å². The fraction of sp³-hybridized carbons (Fsp3) is 0.333. The molecule has 19 heavy (non-hydrogen) atoms. The maximum absolute atomic E-state index is 4.05. The molecule has 2 unspecified atom stereocenters. The van der Waals surface area contributed by atoms with Crippen molar-refractivity contribution in [2.75, 3.05) is 0 Å². The number of rotatable bonds is 7. The number of benzene rings is 1. The molecule has 0 amide bonds. The second kappa shape index (κ2) is 6.98. The lowest BCUT2D eigenvalue weighted by molar-refractivity contribution is 0.496. The molecule has 0 saturated heterocycles. The summed E-state index contributed by atoms with van der Waals surface area (Å²) in [6.07, 6.45) is 0.974. The van der Waals surface area contributed by atoms with Gasteiger partial charge in [0.15, 0.2) is 0 Å². The van der Waals surface area contributed by atoms with Gasteiger partial charge in [-0.2, -0.15) is 0 Å². The van der Waals surface area contributed by atoms with E-state index in [4.69, 9.17) is 0 Å².